The van der Waals surface area contributed by atoms with E-state index in [1.54, 1.807) is 0 Å². The molecule has 0 saturated carbocycles. The van der Waals surface area contributed by atoms with Crippen molar-refractivity contribution in [1.29, 1.82) is 0 Å². The van der Waals surface area contributed by atoms with Crippen molar-refractivity contribution in [3.05, 3.63) is 11.8 Å². The van der Waals surface area contributed by atoms with Crippen LogP contribution in [0, 0.1) is 0 Å². The van der Waals surface area contributed by atoms with Gasteiger partial charge in [-0.05, 0) is 6.42 Å². The smallest absolute Gasteiger partial charge is 0.309 e. The Morgan fingerprint density at radius 1 is 1.27 bits per heavy atom. The molecular formula is C18H30ClN3O3S. The molecule has 1 aromatic rings. The summed E-state index contributed by atoms with van der Waals surface area (Å²) >= 11 is 1.19. The Hall–Kier alpha value is -1.18. The topological polar surface area (TPSA) is 61.3 Å². The molecule has 0 N–H and O–H groups in total. The van der Waals surface area contributed by atoms with E-state index in [0.29, 0.717) is 30.1 Å². The maximum atomic E-state index is 11.5. The molecule has 26 heavy (non-hydrogen) atoms. The fraction of sp³-hybridized carbons (Fsp3) is 0.722. The highest BCUT2D eigenvalue weighted by atomic mass is 35.5. The largest absolute Gasteiger partial charge is 1.00 e. The minimum Gasteiger partial charge on any atom is -1.00 e. The number of halogens is 1. The van der Waals surface area contributed by atoms with E-state index in [1.807, 2.05) is 6.92 Å². The van der Waals surface area contributed by atoms with Crippen molar-refractivity contribution in [2.75, 3.05) is 33.5 Å². The maximum Gasteiger partial charge on any atom is 0.309 e. The van der Waals surface area contributed by atoms with Gasteiger partial charge in [-0.25, -0.2) is 0 Å². The first-order chi connectivity index (χ1) is 12.1. The van der Waals surface area contributed by atoms with Crippen molar-refractivity contribution < 1.29 is 31.2 Å². The predicted molar refractivity (Wildman–Crippen MR) is 99.3 cm³/mol. The number of hydrogen-bond donors (Lipinski definition) is 0. The number of quaternary nitrogens is 1. The third-order valence-electron chi connectivity index (χ3n) is 4.44. The summed E-state index contributed by atoms with van der Waals surface area (Å²) < 4.78 is 20.7. The van der Waals surface area contributed by atoms with Crippen molar-refractivity contribution in [3.8, 4) is 5.88 Å². The van der Waals surface area contributed by atoms with Gasteiger partial charge < -0.3 is 21.9 Å². The second kappa shape index (κ2) is 11.5. The van der Waals surface area contributed by atoms with Gasteiger partial charge in [0.1, 0.15) is 12.2 Å². The first-order valence-corrected chi connectivity index (χ1v) is 9.95. The van der Waals surface area contributed by atoms with Crippen LogP contribution in [0.4, 0.5) is 0 Å². The molecule has 0 aromatic carbocycles. The standard InChI is InChI=1S/C18H30N3O3S.ClH/c1-4-6-7-8-12-23-18-17(19-25-20-18)15-10-9-11-21(3,13-15)14-24-16(22)5-2;/h10H,4-9,11-14H2,1-3H3;1H/q+1;/p-1. The van der Waals surface area contributed by atoms with Crippen LogP contribution in [0.25, 0.3) is 5.57 Å². The molecule has 1 aromatic heterocycles. The molecule has 1 unspecified atom stereocenters. The molecule has 0 saturated heterocycles. The van der Waals surface area contributed by atoms with Gasteiger partial charge in [-0.1, -0.05) is 39.2 Å². The van der Waals surface area contributed by atoms with Gasteiger partial charge in [0.15, 0.2) is 0 Å². The van der Waals surface area contributed by atoms with E-state index < -0.39 is 0 Å². The lowest BCUT2D eigenvalue weighted by Gasteiger charge is -2.36. The Kier molecular flexibility index (Phi) is 10.1. The second-order valence-corrected chi connectivity index (χ2v) is 7.37. The van der Waals surface area contributed by atoms with Crippen molar-refractivity contribution in [3.63, 3.8) is 0 Å². The minimum atomic E-state index is -0.151. The van der Waals surface area contributed by atoms with E-state index in [4.69, 9.17) is 9.47 Å². The third-order valence-corrected chi connectivity index (χ3v) is 4.95. The number of hydrogen-bond acceptors (Lipinski definition) is 6. The van der Waals surface area contributed by atoms with E-state index in [9.17, 15) is 4.79 Å². The van der Waals surface area contributed by atoms with Gasteiger partial charge in [0.05, 0.1) is 31.9 Å². The molecule has 2 heterocycles. The SMILES string of the molecule is CCCCCCOc1nsnc1C1=CCC[N+](C)(COC(=O)CC)C1.[Cl-]. The van der Waals surface area contributed by atoms with Crippen molar-refractivity contribution in [2.24, 2.45) is 0 Å². The molecule has 6 nitrogen and oxygen atoms in total. The number of ether oxygens (including phenoxy) is 2. The lowest BCUT2D eigenvalue weighted by Crippen LogP contribution is -3.00. The van der Waals surface area contributed by atoms with Crippen LogP contribution in [-0.2, 0) is 9.53 Å². The molecule has 0 aliphatic carbocycles. The Labute approximate surface area is 166 Å². The summed E-state index contributed by atoms with van der Waals surface area (Å²) in [7, 11) is 2.11. The second-order valence-electron chi connectivity index (χ2n) is 6.85. The fourth-order valence-electron chi connectivity index (χ4n) is 2.89. The molecule has 1 aliphatic heterocycles. The van der Waals surface area contributed by atoms with Crippen LogP contribution in [-0.4, -0.2) is 52.7 Å². The summed E-state index contributed by atoms with van der Waals surface area (Å²) in [6, 6.07) is 0. The fourth-order valence-corrected chi connectivity index (χ4v) is 3.42. The number of carbonyl (C=O) groups is 1. The minimum absolute atomic E-state index is 0. The molecular weight excluding hydrogens is 374 g/mol. The zero-order chi connectivity index (χ0) is 18.1. The Morgan fingerprint density at radius 2 is 2.08 bits per heavy atom. The number of aromatic nitrogens is 2. The molecule has 8 heteroatoms. The number of unbranched alkanes of at least 4 members (excludes halogenated alkanes) is 3. The van der Waals surface area contributed by atoms with Gasteiger partial charge in [-0.15, -0.1) is 4.37 Å². The number of rotatable bonds is 10. The summed E-state index contributed by atoms with van der Waals surface area (Å²) in [4.78, 5) is 11.5. The Balaban J connectivity index is 0.00000338. The molecule has 0 bridgehead atoms. The van der Waals surface area contributed by atoms with Gasteiger partial charge in [0.2, 0.25) is 6.73 Å². The third kappa shape index (κ3) is 6.85. The zero-order valence-electron chi connectivity index (χ0n) is 16.0. The van der Waals surface area contributed by atoms with Crippen LogP contribution >= 0.6 is 11.7 Å². The first kappa shape index (κ1) is 22.9. The van der Waals surface area contributed by atoms with E-state index in [1.165, 1.54) is 31.0 Å². The molecule has 1 atom stereocenters. The van der Waals surface area contributed by atoms with Gasteiger partial charge >= 0.3 is 5.97 Å². The maximum absolute atomic E-state index is 11.5. The first-order valence-electron chi connectivity index (χ1n) is 9.22. The normalized spacial score (nSPS) is 19.4. The summed E-state index contributed by atoms with van der Waals surface area (Å²) in [5, 5.41) is 0. The van der Waals surface area contributed by atoms with Crippen LogP contribution in [0.3, 0.4) is 0 Å². The summed E-state index contributed by atoms with van der Waals surface area (Å²) in [5.74, 6) is 0.494. The van der Waals surface area contributed by atoms with E-state index in [2.05, 4.69) is 28.8 Å². The van der Waals surface area contributed by atoms with Crippen molar-refractivity contribution in [2.45, 2.75) is 52.4 Å². The lowest BCUT2D eigenvalue weighted by molar-refractivity contribution is -0.919. The van der Waals surface area contributed by atoms with Gasteiger partial charge in [-0.3, -0.25) is 9.28 Å². The molecule has 148 valence electrons. The zero-order valence-corrected chi connectivity index (χ0v) is 17.6. The predicted octanol–water partition coefficient (Wildman–Crippen LogP) is 0.646. The average molecular weight is 404 g/mol. The number of carbonyl (C=O) groups excluding carboxylic acids is 1. The highest BCUT2D eigenvalue weighted by Crippen LogP contribution is 2.30. The van der Waals surface area contributed by atoms with E-state index >= 15 is 0 Å². The number of likely N-dealkylation sites (N-methyl/N-ethyl adjacent to an activating group) is 1. The molecule has 0 amide bonds. The van der Waals surface area contributed by atoms with E-state index in [-0.39, 0.29) is 18.4 Å². The van der Waals surface area contributed by atoms with E-state index in [0.717, 1.165) is 37.2 Å². The molecule has 1 aliphatic rings. The van der Waals surface area contributed by atoms with Gasteiger partial charge in [0.25, 0.3) is 5.88 Å². The molecule has 0 radical (unpaired) electrons. The Bertz CT molecular complexity index is 594. The van der Waals surface area contributed by atoms with Gasteiger partial charge in [-0.2, -0.15) is 4.37 Å². The van der Waals surface area contributed by atoms with Crippen LogP contribution in [0.2, 0.25) is 0 Å². The quantitative estimate of drug-likeness (QED) is 0.326. The van der Waals surface area contributed by atoms with Crippen LogP contribution in [0.5, 0.6) is 5.88 Å². The van der Waals surface area contributed by atoms with Crippen molar-refractivity contribution in [1.82, 2.24) is 8.75 Å². The number of nitrogens with zero attached hydrogens (tertiary/aromatic N) is 3. The lowest BCUT2D eigenvalue weighted by atomic mass is 10.1. The van der Waals surface area contributed by atoms with Crippen molar-refractivity contribution >= 4 is 23.3 Å². The number of esters is 1. The van der Waals surface area contributed by atoms with Gasteiger partial charge in [0, 0.05) is 18.4 Å². The summed E-state index contributed by atoms with van der Waals surface area (Å²) in [6.07, 6.45) is 8.24. The monoisotopic (exact) mass is 403 g/mol. The molecule has 0 fully saturated rings. The Morgan fingerprint density at radius 3 is 2.81 bits per heavy atom. The summed E-state index contributed by atoms with van der Waals surface area (Å²) in [5.41, 5.74) is 1.99. The van der Waals surface area contributed by atoms with Crippen LogP contribution in [0.1, 0.15) is 58.1 Å². The van der Waals surface area contributed by atoms with Crippen LogP contribution < -0.4 is 17.1 Å². The molecule has 0 spiro atoms. The highest BCUT2D eigenvalue weighted by molar-refractivity contribution is 6.99. The molecule has 2 rings (SSSR count). The highest BCUT2D eigenvalue weighted by Gasteiger charge is 2.31. The van der Waals surface area contributed by atoms with Crippen LogP contribution in [0.15, 0.2) is 6.08 Å². The summed E-state index contributed by atoms with van der Waals surface area (Å²) in [6.45, 7) is 6.82. The average Bonchev–Trinajstić information content (AvgIpc) is 3.08.